The predicted octanol–water partition coefficient (Wildman–Crippen LogP) is 3.77. The molecule has 0 saturated heterocycles. The van der Waals surface area contributed by atoms with Crippen LogP contribution < -0.4 is 5.56 Å². The lowest BCUT2D eigenvalue weighted by atomic mass is 10.0. The fourth-order valence-corrected chi connectivity index (χ4v) is 3.84. The molecular weight excluding hydrogens is 376 g/mol. The first-order chi connectivity index (χ1) is 14.4. The normalized spacial score (nSPS) is 10.9. The van der Waals surface area contributed by atoms with Crippen molar-refractivity contribution >= 4 is 16.7 Å². The molecule has 0 aliphatic heterocycles. The van der Waals surface area contributed by atoms with Gasteiger partial charge in [-0.3, -0.25) is 9.59 Å². The summed E-state index contributed by atoms with van der Waals surface area (Å²) < 4.78 is 3.09. The summed E-state index contributed by atoms with van der Waals surface area (Å²) in [5.41, 5.74) is 3.76. The van der Waals surface area contributed by atoms with Gasteiger partial charge >= 0.3 is 0 Å². The van der Waals surface area contributed by atoms with Crippen molar-refractivity contribution in [2.75, 3.05) is 0 Å². The number of fused-ring (bicyclic) bond motifs is 1. The van der Waals surface area contributed by atoms with Gasteiger partial charge in [-0.2, -0.15) is 10.4 Å². The minimum atomic E-state index is -0.546. The van der Waals surface area contributed by atoms with E-state index in [0.717, 1.165) is 26.8 Å². The van der Waals surface area contributed by atoms with E-state index >= 15 is 0 Å². The average molecular weight is 396 g/mol. The fourth-order valence-electron chi connectivity index (χ4n) is 3.84. The Labute approximate surface area is 173 Å². The van der Waals surface area contributed by atoms with Crippen LogP contribution in [0.25, 0.3) is 22.2 Å². The van der Waals surface area contributed by atoms with Crippen LogP contribution in [-0.4, -0.2) is 20.1 Å². The van der Waals surface area contributed by atoms with Crippen LogP contribution in [0.4, 0.5) is 0 Å². The van der Waals surface area contributed by atoms with E-state index in [-0.39, 0.29) is 17.9 Å². The van der Waals surface area contributed by atoms with E-state index in [1.165, 1.54) is 0 Å². The molecule has 0 N–H and O–H groups in total. The summed E-state index contributed by atoms with van der Waals surface area (Å²) in [6, 6.07) is 19.3. The standard InChI is InChI=1S/C24H20N4O2/c1-15-16(2)26-28(24(30)19(15)13-25)14-21(29)22-18-11-7-8-12-20(18)27(3)23(22)17-9-5-4-6-10-17/h4-12H,14H2,1-3H3. The number of para-hydroxylation sites is 1. The summed E-state index contributed by atoms with van der Waals surface area (Å²) in [6.45, 7) is 3.18. The quantitative estimate of drug-likeness (QED) is 0.492. The summed E-state index contributed by atoms with van der Waals surface area (Å²) in [5.74, 6) is -0.229. The first-order valence-corrected chi connectivity index (χ1v) is 9.58. The Morgan fingerprint density at radius 2 is 1.73 bits per heavy atom. The van der Waals surface area contributed by atoms with Gasteiger partial charge in [0.25, 0.3) is 5.56 Å². The molecule has 4 aromatic rings. The minimum Gasteiger partial charge on any atom is -0.343 e. The Morgan fingerprint density at radius 3 is 2.43 bits per heavy atom. The second-order valence-corrected chi connectivity index (χ2v) is 7.25. The third-order valence-corrected chi connectivity index (χ3v) is 5.47. The first-order valence-electron chi connectivity index (χ1n) is 9.58. The number of hydrogen-bond donors (Lipinski definition) is 0. The number of aromatic nitrogens is 3. The van der Waals surface area contributed by atoms with Crippen molar-refractivity contribution in [3.05, 3.63) is 87.3 Å². The van der Waals surface area contributed by atoms with Gasteiger partial charge in [0.05, 0.1) is 17.0 Å². The molecular formula is C24H20N4O2. The zero-order valence-corrected chi connectivity index (χ0v) is 17.0. The second-order valence-electron chi connectivity index (χ2n) is 7.25. The number of rotatable bonds is 4. The van der Waals surface area contributed by atoms with Gasteiger partial charge in [-0.15, -0.1) is 0 Å². The number of nitrogens with zero attached hydrogens (tertiary/aromatic N) is 4. The highest BCUT2D eigenvalue weighted by atomic mass is 16.1. The van der Waals surface area contributed by atoms with Gasteiger partial charge in [-0.05, 0) is 31.0 Å². The van der Waals surface area contributed by atoms with Crippen molar-refractivity contribution in [1.29, 1.82) is 5.26 Å². The van der Waals surface area contributed by atoms with Crippen molar-refractivity contribution in [2.24, 2.45) is 7.05 Å². The number of nitriles is 1. The number of Topliss-reactive ketones (excluding diaryl/α,β-unsaturated/α-hetero) is 1. The highest BCUT2D eigenvalue weighted by Crippen LogP contribution is 2.33. The third-order valence-electron chi connectivity index (χ3n) is 5.47. The fraction of sp³-hybridized carbons (Fsp3) is 0.167. The minimum absolute atomic E-state index is 0.0245. The van der Waals surface area contributed by atoms with Crippen LogP contribution in [0.1, 0.15) is 27.2 Å². The van der Waals surface area contributed by atoms with E-state index in [9.17, 15) is 14.9 Å². The molecule has 2 heterocycles. The van der Waals surface area contributed by atoms with E-state index in [1.54, 1.807) is 13.8 Å². The molecule has 0 amide bonds. The predicted molar refractivity (Wildman–Crippen MR) is 115 cm³/mol. The number of benzene rings is 2. The highest BCUT2D eigenvalue weighted by Gasteiger charge is 2.23. The van der Waals surface area contributed by atoms with Crippen molar-refractivity contribution in [3.8, 4) is 17.3 Å². The topological polar surface area (TPSA) is 80.7 Å². The molecule has 0 spiro atoms. The van der Waals surface area contributed by atoms with E-state index < -0.39 is 5.56 Å². The van der Waals surface area contributed by atoms with Crippen LogP contribution in [0.2, 0.25) is 0 Å². The van der Waals surface area contributed by atoms with Gasteiger partial charge in [0.1, 0.15) is 18.2 Å². The summed E-state index contributed by atoms with van der Waals surface area (Å²) in [6.07, 6.45) is 0. The molecule has 0 saturated carbocycles. The molecule has 0 bridgehead atoms. The molecule has 0 aliphatic carbocycles. The van der Waals surface area contributed by atoms with Crippen LogP contribution >= 0.6 is 0 Å². The average Bonchev–Trinajstić information content (AvgIpc) is 3.06. The molecule has 4 rings (SSSR count). The summed E-state index contributed by atoms with van der Waals surface area (Å²) in [4.78, 5) is 26.2. The summed E-state index contributed by atoms with van der Waals surface area (Å²) in [7, 11) is 1.93. The van der Waals surface area contributed by atoms with Gasteiger partial charge in [0.15, 0.2) is 5.78 Å². The van der Waals surface area contributed by atoms with E-state index in [4.69, 9.17) is 0 Å². The Morgan fingerprint density at radius 1 is 1.07 bits per heavy atom. The smallest absolute Gasteiger partial charge is 0.285 e. The molecule has 2 aromatic heterocycles. The second kappa shape index (κ2) is 7.45. The number of carbonyl (C=O) groups excluding carboxylic acids is 1. The molecule has 0 fully saturated rings. The van der Waals surface area contributed by atoms with Gasteiger partial charge in [0.2, 0.25) is 0 Å². The molecule has 148 valence electrons. The molecule has 0 atom stereocenters. The van der Waals surface area contributed by atoms with Crippen molar-refractivity contribution < 1.29 is 4.79 Å². The van der Waals surface area contributed by atoms with Crippen LogP contribution in [0.3, 0.4) is 0 Å². The Balaban J connectivity index is 1.91. The highest BCUT2D eigenvalue weighted by molar-refractivity contribution is 6.13. The summed E-state index contributed by atoms with van der Waals surface area (Å²) >= 11 is 0. The SMILES string of the molecule is Cc1nn(CC(=O)c2c(-c3ccccc3)n(C)c3ccccc23)c(=O)c(C#N)c1C. The lowest BCUT2D eigenvalue weighted by molar-refractivity contribution is 0.0967. The number of ketones is 1. The molecule has 0 unspecified atom stereocenters. The lowest BCUT2D eigenvalue weighted by Crippen LogP contribution is -2.30. The van der Waals surface area contributed by atoms with Gasteiger partial charge in [-0.1, -0.05) is 48.5 Å². The van der Waals surface area contributed by atoms with E-state index in [1.807, 2.05) is 72.3 Å². The van der Waals surface area contributed by atoms with Crippen molar-refractivity contribution in [1.82, 2.24) is 14.3 Å². The van der Waals surface area contributed by atoms with Crippen LogP contribution in [0.15, 0.2) is 59.4 Å². The van der Waals surface area contributed by atoms with Crippen LogP contribution in [0.5, 0.6) is 0 Å². The van der Waals surface area contributed by atoms with Gasteiger partial charge < -0.3 is 4.57 Å². The largest absolute Gasteiger partial charge is 0.343 e. The molecule has 0 aliphatic rings. The Bertz CT molecular complexity index is 1390. The van der Waals surface area contributed by atoms with E-state index in [0.29, 0.717) is 16.8 Å². The zero-order chi connectivity index (χ0) is 21.4. The molecule has 2 aromatic carbocycles. The third kappa shape index (κ3) is 3.01. The first kappa shape index (κ1) is 19.3. The monoisotopic (exact) mass is 396 g/mol. The van der Waals surface area contributed by atoms with Crippen molar-refractivity contribution in [2.45, 2.75) is 20.4 Å². The van der Waals surface area contributed by atoms with Gasteiger partial charge in [0, 0.05) is 18.0 Å². The maximum absolute atomic E-state index is 13.5. The molecule has 6 nitrogen and oxygen atoms in total. The number of hydrogen-bond acceptors (Lipinski definition) is 4. The molecule has 6 heteroatoms. The molecule has 30 heavy (non-hydrogen) atoms. The van der Waals surface area contributed by atoms with E-state index in [2.05, 4.69) is 5.10 Å². The lowest BCUT2D eigenvalue weighted by Gasteiger charge is -2.10. The summed E-state index contributed by atoms with van der Waals surface area (Å²) in [5, 5.41) is 14.4. The zero-order valence-electron chi connectivity index (χ0n) is 17.0. The van der Waals surface area contributed by atoms with Crippen LogP contribution in [0, 0.1) is 25.2 Å². The number of aryl methyl sites for hydroxylation is 2. The van der Waals surface area contributed by atoms with Crippen LogP contribution in [-0.2, 0) is 13.6 Å². The Kier molecular flexibility index (Phi) is 4.80. The maximum Gasteiger partial charge on any atom is 0.285 e. The molecule has 0 radical (unpaired) electrons. The Hall–Kier alpha value is -3.98. The van der Waals surface area contributed by atoms with Gasteiger partial charge in [-0.25, -0.2) is 4.68 Å². The number of carbonyl (C=O) groups is 1. The van der Waals surface area contributed by atoms with Crippen molar-refractivity contribution in [3.63, 3.8) is 0 Å². The maximum atomic E-state index is 13.5.